The van der Waals surface area contributed by atoms with Crippen molar-refractivity contribution in [1.82, 2.24) is 0 Å². The Morgan fingerprint density at radius 3 is 2.57 bits per heavy atom. The monoisotopic (exact) mass is 307 g/mol. The first kappa shape index (κ1) is 15.5. The lowest BCUT2D eigenvalue weighted by atomic mass is 10.2. The van der Waals surface area contributed by atoms with Gasteiger partial charge in [0.1, 0.15) is 12.4 Å². The van der Waals surface area contributed by atoms with Gasteiger partial charge in [0.25, 0.3) is 5.91 Å². The molecule has 0 bridgehead atoms. The quantitative estimate of drug-likeness (QED) is 0.872. The molecule has 0 radical (unpaired) electrons. The van der Waals surface area contributed by atoms with E-state index in [2.05, 4.69) is 5.32 Å². The molecule has 1 atom stereocenters. The van der Waals surface area contributed by atoms with Gasteiger partial charge in [0, 0.05) is 10.6 Å². The number of carbonyl (C=O) groups is 1. The van der Waals surface area contributed by atoms with Crippen LogP contribution in [0.4, 0.5) is 10.1 Å². The van der Waals surface area contributed by atoms with Crippen molar-refractivity contribution >= 4 is 23.2 Å². The minimum absolute atomic E-state index is 0.202. The summed E-state index contributed by atoms with van der Waals surface area (Å²) in [5.74, 6) is -0.667. The van der Waals surface area contributed by atoms with E-state index < -0.39 is 5.82 Å². The van der Waals surface area contributed by atoms with E-state index in [0.29, 0.717) is 11.6 Å². The SMILES string of the molecule is C[NH+](CC(=O)Nc1ccccc1F)Cc1ccccc1Cl. The lowest BCUT2D eigenvalue weighted by molar-refractivity contribution is -0.885. The minimum atomic E-state index is -0.436. The molecule has 5 heteroatoms. The number of rotatable bonds is 5. The zero-order valence-corrected chi connectivity index (χ0v) is 12.5. The minimum Gasteiger partial charge on any atom is -0.326 e. The van der Waals surface area contributed by atoms with E-state index in [0.717, 1.165) is 10.5 Å². The summed E-state index contributed by atoms with van der Waals surface area (Å²) >= 11 is 6.09. The second-order valence-electron chi connectivity index (χ2n) is 4.93. The van der Waals surface area contributed by atoms with E-state index >= 15 is 0 Å². The molecule has 0 aromatic heterocycles. The summed E-state index contributed by atoms with van der Waals surface area (Å²) in [5.41, 5.74) is 1.18. The lowest BCUT2D eigenvalue weighted by Gasteiger charge is -2.14. The molecule has 0 heterocycles. The predicted molar refractivity (Wildman–Crippen MR) is 81.9 cm³/mol. The number of hydrogen-bond donors (Lipinski definition) is 2. The Morgan fingerprint density at radius 2 is 1.86 bits per heavy atom. The fraction of sp³-hybridized carbons (Fsp3) is 0.188. The van der Waals surface area contributed by atoms with Crippen LogP contribution < -0.4 is 10.2 Å². The van der Waals surface area contributed by atoms with Gasteiger partial charge in [-0.25, -0.2) is 4.39 Å². The summed E-state index contributed by atoms with van der Waals surface area (Å²) in [7, 11) is 1.89. The topological polar surface area (TPSA) is 33.5 Å². The normalized spacial score (nSPS) is 12.0. The highest BCUT2D eigenvalue weighted by Crippen LogP contribution is 2.13. The molecule has 1 unspecified atom stereocenters. The van der Waals surface area contributed by atoms with Gasteiger partial charge in [-0.05, 0) is 18.2 Å². The molecule has 0 fully saturated rings. The third kappa shape index (κ3) is 4.55. The number of nitrogens with one attached hydrogen (secondary N) is 2. The number of benzene rings is 2. The first-order valence-electron chi connectivity index (χ1n) is 6.65. The number of quaternary nitrogens is 1. The second kappa shape index (κ2) is 7.20. The summed E-state index contributed by atoms with van der Waals surface area (Å²) < 4.78 is 13.4. The highest BCUT2D eigenvalue weighted by molar-refractivity contribution is 6.31. The summed E-state index contributed by atoms with van der Waals surface area (Å²) in [4.78, 5) is 12.9. The van der Waals surface area contributed by atoms with Crippen molar-refractivity contribution in [2.45, 2.75) is 6.54 Å². The molecule has 0 saturated carbocycles. The molecule has 1 amide bonds. The average Bonchev–Trinajstić information content (AvgIpc) is 2.44. The number of para-hydroxylation sites is 1. The predicted octanol–water partition coefficient (Wildman–Crippen LogP) is 2.13. The van der Waals surface area contributed by atoms with Crippen molar-refractivity contribution in [3.05, 3.63) is 64.9 Å². The van der Waals surface area contributed by atoms with Crippen molar-refractivity contribution in [3.63, 3.8) is 0 Å². The summed E-state index contributed by atoms with van der Waals surface area (Å²) in [5, 5.41) is 3.26. The molecular formula is C16H17ClFN2O+. The molecule has 3 nitrogen and oxygen atoms in total. The second-order valence-corrected chi connectivity index (χ2v) is 5.34. The Balaban J connectivity index is 1.91. The molecule has 21 heavy (non-hydrogen) atoms. The van der Waals surface area contributed by atoms with E-state index in [1.807, 2.05) is 31.3 Å². The van der Waals surface area contributed by atoms with Crippen LogP contribution in [-0.4, -0.2) is 19.5 Å². The first-order chi connectivity index (χ1) is 10.1. The summed E-state index contributed by atoms with van der Waals surface area (Å²) in [6.07, 6.45) is 0. The van der Waals surface area contributed by atoms with Crippen LogP contribution in [0.5, 0.6) is 0 Å². The van der Waals surface area contributed by atoms with Crippen molar-refractivity contribution in [2.24, 2.45) is 0 Å². The maximum Gasteiger partial charge on any atom is 0.279 e. The van der Waals surface area contributed by atoms with Crippen LogP contribution in [0.3, 0.4) is 0 Å². The van der Waals surface area contributed by atoms with Crippen LogP contribution >= 0.6 is 11.6 Å². The molecule has 0 spiro atoms. The van der Waals surface area contributed by atoms with Crippen molar-refractivity contribution in [1.29, 1.82) is 0 Å². The summed E-state index contributed by atoms with van der Waals surface area (Å²) in [6, 6.07) is 13.6. The molecule has 2 aromatic rings. The van der Waals surface area contributed by atoms with Gasteiger partial charge in [0.15, 0.2) is 6.54 Å². The molecular weight excluding hydrogens is 291 g/mol. The fourth-order valence-corrected chi connectivity index (χ4v) is 2.26. The first-order valence-corrected chi connectivity index (χ1v) is 7.03. The maximum atomic E-state index is 13.4. The van der Waals surface area contributed by atoms with Crippen LogP contribution in [0.1, 0.15) is 5.56 Å². The zero-order valence-electron chi connectivity index (χ0n) is 11.7. The van der Waals surface area contributed by atoms with E-state index in [1.54, 1.807) is 12.1 Å². The largest absolute Gasteiger partial charge is 0.326 e. The highest BCUT2D eigenvalue weighted by atomic mass is 35.5. The Bertz CT molecular complexity index is 633. The number of amides is 1. The Hall–Kier alpha value is -1.91. The standard InChI is InChI=1S/C16H16ClFN2O/c1-20(10-12-6-2-3-7-13(12)17)11-16(21)19-15-9-5-4-8-14(15)18/h2-9H,10-11H2,1H3,(H,19,21)/p+1. The van der Waals surface area contributed by atoms with Gasteiger partial charge in [-0.1, -0.05) is 41.9 Å². The molecule has 2 rings (SSSR count). The van der Waals surface area contributed by atoms with Gasteiger partial charge < -0.3 is 10.2 Å². The maximum absolute atomic E-state index is 13.4. The number of anilines is 1. The van der Waals surface area contributed by atoms with E-state index in [4.69, 9.17) is 11.6 Å². The third-order valence-electron chi connectivity index (χ3n) is 3.06. The van der Waals surface area contributed by atoms with E-state index in [9.17, 15) is 9.18 Å². The van der Waals surface area contributed by atoms with Crippen LogP contribution in [0.25, 0.3) is 0 Å². The lowest BCUT2D eigenvalue weighted by Crippen LogP contribution is -3.08. The Kier molecular flexibility index (Phi) is 5.31. The number of halogens is 2. The fourth-order valence-electron chi connectivity index (χ4n) is 2.06. The third-order valence-corrected chi connectivity index (χ3v) is 3.43. The molecule has 110 valence electrons. The highest BCUT2D eigenvalue weighted by Gasteiger charge is 2.13. The molecule has 0 aliphatic carbocycles. The average molecular weight is 308 g/mol. The summed E-state index contributed by atoms with van der Waals surface area (Å²) in [6.45, 7) is 0.865. The van der Waals surface area contributed by atoms with Crippen molar-refractivity contribution in [2.75, 3.05) is 18.9 Å². The van der Waals surface area contributed by atoms with Gasteiger partial charge in [0.05, 0.1) is 12.7 Å². The van der Waals surface area contributed by atoms with Gasteiger partial charge >= 0.3 is 0 Å². The molecule has 2 N–H and O–H groups in total. The molecule has 0 saturated heterocycles. The van der Waals surface area contributed by atoms with Crippen LogP contribution in [0, 0.1) is 5.82 Å². The van der Waals surface area contributed by atoms with E-state index in [-0.39, 0.29) is 18.1 Å². The van der Waals surface area contributed by atoms with Gasteiger partial charge in [-0.2, -0.15) is 0 Å². The number of likely N-dealkylation sites (N-methyl/N-ethyl adjacent to an activating group) is 1. The molecule has 0 aliphatic heterocycles. The van der Waals surface area contributed by atoms with Crippen molar-refractivity contribution < 1.29 is 14.1 Å². The van der Waals surface area contributed by atoms with Crippen LogP contribution in [-0.2, 0) is 11.3 Å². The van der Waals surface area contributed by atoms with Crippen molar-refractivity contribution in [3.8, 4) is 0 Å². The Morgan fingerprint density at radius 1 is 1.19 bits per heavy atom. The zero-order chi connectivity index (χ0) is 15.2. The van der Waals surface area contributed by atoms with Gasteiger partial charge in [0.2, 0.25) is 0 Å². The van der Waals surface area contributed by atoms with Gasteiger partial charge in [-0.3, -0.25) is 4.79 Å². The smallest absolute Gasteiger partial charge is 0.279 e. The van der Waals surface area contributed by atoms with Gasteiger partial charge in [-0.15, -0.1) is 0 Å². The Labute approximate surface area is 128 Å². The van der Waals surface area contributed by atoms with E-state index in [1.165, 1.54) is 12.1 Å². The molecule has 2 aromatic carbocycles. The molecule has 0 aliphatic rings. The van der Waals surface area contributed by atoms with Crippen LogP contribution in [0.2, 0.25) is 5.02 Å². The number of carbonyl (C=O) groups excluding carboxylic acids is 1. The van der Waals surface area contributed by atoms with Crippen LogP contribution in [0.15, 0.2) is 48.5 Å². The number of hydrogen-bond acceptors (Lipinski definition) is 1.